The Labute approximate surface area is 154 Å². The van der Waals surface area contributed by atoms with E-state index in [1.807, 2.05) is 0 Å². The lowest BCUT2D eigenvalue weighted by atomic mass is 10.00. The number of nitrogens with zero attached hydrogens (tertiary/aromatic N) is 4. The van der Waals surface area contributed by atoms with Gasteiger partial charge in [-0.2, -0.15) is 0 Å². The Kier molecular flexibility index (Phi) is 5.84. The van der Waals surface area contributed by atoms with Crippen molar-refractivity contribution in [3.63, 3.8) is 0 Å². The summed E-state index contributed by atoms with van der Waals surface area (Å²) in [6.07, 6.45) is 2.65. The topological polar surface area (TPSA) is 67.1 Å². The first-order valence-electron chi connectivity index (χ1n) is 9.04. The lowest BCUT2D eigenvalue weighted by Gasteiger charge is -2.20. The first-order chi connectivity index (χ1) is 12.7. The van der Waals surface area contributed by atoms with E-state index >= 15 is 0 Å². The molecule has 0 radical (unpaired) electrons. The summed E-state index contributed by atoms with van der Waals surface area (Å²) in [6.45, 7) is 5.80. The quantitative estimate of drug-likeness (QED) is 0.530. The van der Waals surface area contributed by atoms with Gasteiger partial charge in [-0.05, 0) is 23.3 Å². The molecule has 3 rings (SSSR count). The molecule has 6 heteroatoms. The summed E-state index contributed by atoms with van der Waals surface area (Å²) in [5.74, 6) is 1.79. The Morgan fingerprint density at radius 2 is 2.00 bits per heavy atom. The summed E-state index contributed by atoms with van der Waals surface area (Å²) < 4.78 is 2.06. The number of nitrogens with one attached hydrogen (secondary N) is 2. The highest BCUT2D eigenvalue weighted by molar-refractivity contribution is 5.87. The van der Waals surface area contributed by atoms with Crippen LogP contribution in [0.15, 0.2) is 53.8 Å². The van der Waals surface area contributed by atoms with E-state index in [1.165, 1.54) is 16.3 Å². The van der Waals surface area contributed by atoms with Gasteiger partial charge in [-0.15, -0.1) is 10.2 Å². The minimum Gasteiger partial charge on any atom is -0.355 e. The van der Waals surface area contributed by atoms with Gasteiger partial charge in [-0.3, -0.25) is 4.99 Å². The molecule has 2 aromatic carbocycles. The van der Waals surface area contributed by atoms with Gasteiger partial charge in [0.05, 0.1) is 6.04 Å². The van der Waals surface area contributed by atoms with Crippen molar-refractivity contribution in [1.82, 2.24) is 25.4 Å². The molecule has 3 aromatic rings. The molecule has 1 aromatic heterocycles. The Balaban J connectivity index is 1.62. The number of guanidine groups is 1. The van der Waals surface area contributed by atoms with E-state index in [-0.39, 0.29) is 6.04 Å². The number of fused-ring (bicyclic) bond motifs is 1. The van der Waals surface area contributed by atoms with Crippen molar-refractivity contribution in [2.45, 2.75) is 32.9 Å². The lowest BCUT2D eigenvalue weighted by Crippen LogP contribution is -2.40. The molecule has 6 nitrogen and oxygen atoms in total. The second kappa shape index (κ2) is 8.47. The molecule has 0 aliphatic carbocycles. The largest absolute Gasteiger partial charge is 0.355 e. The predicted molar refractivity (Wildman–Crippen MR) is 106 cm³/mol. The Hall–Kier alpha value is -2.89. The number of hydrogen-bond donors (Lipinski definition) is 2. The average Bonchev–Trinajstić information content (AvgIpc) is 3.14. The van der Waals surface area contributed by atoms with Crippen molar-refractivity contribution < 1.29 is 0 Å². The van der Waals surface area contributed by atoms with Crippen molar-refractivity contribution in [1.29, 1.82) is 0 Å². The lowest BCUT2D eigenvalue weighted by molar-refractivity contribution is 0.621. The van der Waals surface area contributed by atoms with E-state index in [9.17, 15) is 0 Å². The molecular formula is C20H26N6. The smallest absolute Gasteiger partial charge is 0.191 e. The summed E-state index contributed by atoms with van der Waals surface area (Å²) in [6, 6.07) is 15.0. The molecule has 0 saturated heterocycles. The van der Waals surface area contributed by atoms with Gasteiger partial charge in [0.25, 0.3) is 0 Å². The zero-order valence-corrected chi connectivity index (χ0v) is 15.6. The fourth-order valence-electron chi connectivity index (χ4n) is 3.14. The predicted octanol–water partition coefficient (Wildman–Crippen LogP) is 2.92. The molecule has 26 heavy (non-hydrogen) atoms. The first kappa shape index (κ1) is 17.9. The number of aromatic nitrogens is 3. The van der Waals surface area contributed by atoms with Gasteiger partial charge in [0.2, 0.25) is 0 Å². The second-order valence-electron chi connectivity index (χ2n) is 6.23. The van der Waals surface area contributed by atoms with E-state index in [1.54, 1.807) is 13.4 Å². The van der Waals surface area contributed by atoms with Crippen LogP contribution >= 0.6 is 0 Å². The summed E-state index contributed by atoms with van der Waals surface area (Å²) >= 11 is 0. The zero-order chi connectivity index (χ0) is 18.4. The minimum absolute atomic E-state index is 0.147. The molecule has 0 aliphatic heterocycles. The molecule has 0 spiro atoms. The third-order valence-corrected chi connectivity index (χ3v) is 4.52. The molecule has 1 heterocycles. The van der Waals surface area contributed by atoms with E-state index in [0.29, 0.717) is 0 Å². The van der Waals surface area contributed by atoms with E-state index < -0.39 is 0 Å². The van der Waals surface area contributed by atoms with Crippen LogP contribution in [0.1, 0.15) is 31.3 Å². The highest BCUT2D eigenvalue weighted by Gasteiger charge is 2.11. The normalized spacial score (nSPS) is 13.0. The minimum atomic E-state index is 0.147. The van der Waals surface area contributed by atoms with Crippen LogP contribution in [0, 0.1) is 0 Å². The Bertz CT molecular complexity index is 877. The average molecular weight is 350 g/mol. The molecule has 2 N–H and O–H groups in total. The zero-order valence-electron chi connectivity index (χ0n) is 15.6. The van der Waals surface area contributed by atoms with Crippen LogP contribution in [0.2, 0.25) is 0 Å². The number of rotatable bonds is 6. The molecule has 1 atom stereocenters. The first-order valence-corrected chi connectivity index (χ1v) is 9.04. The molecule has 0 saturated carbocycles. The van der Waals surface area contributed by atoms with Crippen molar-refractivity contribution in [3.8, 4) is 0 Å². The van der Waals surface area contributed by atoms with Crippen LogP contribution in [0.5, 0.6) is 0 Å². The fourth-order valence-corrected chi connectivity index (χ4v) is 3.14. The van der Waals surface area contributed by atoms with Crippen LogP contribution in [0.3, 0.4) is 0 Å². The van der Waals surface area contributed by atoms with E-state index in [2.05, 4.69) is 86.7 Å². The maximum Gasteiger partial charge on any atom is 0.191 e. The number of benzene rings is 2. The summed E-state index contributed by atoms with van der Waals surface area (Å²) in [4.78, 5) is 4.35. The van der Waals surface area contributed by atoms with Gasteiger partial charge in [0, 0.05) is 26.6 Å². The van der Waals surface area contributed by atoms with Crippen LogP contribution in [0.4, 0.5) is 0 Å². The molecule has 0 aliphatic rings. The van der Waals surface area contributed by atoms with Gasteiger partial charge in [0.1, 0.15) is 12.2 Å². The van der Waals surface area contributed by atoms with E-state index in [4.69, 9.17) is 0 Å². The number of aliphatic imine (C=N–C) groups is 1. The van der Waals surface area contributed by atoms with Gasteiger partial charge in [-0.1, -0.05) is 49.4 Å². The molecule has 0 fully saturated rings. The van der Waals surface area contributed by atoms with Crippen molar-refractivity contribution >= 4 is 16.7 Å². The molecule has 136 valence electrons. The van der Waals surface area contributed by atoms with Crippen LogP contribution in [-0.2, 0) is 13.0 Å². The van der Waals surface area contributed by atoms with Crippen molar-refractivity contribution in [2.75, 3.05) is 13.6 Å². The Morgan fingerprint density at radius 1 is 1.19 bits per heavy atom. The number of aryl methyl sites for hydroxylation is 1. The van der Waals surface area contributed by atoms with Gasteiger partial charge < -0.3 is 15.2 Å². The molecule has 0 amide bonds. The van der Waals surface area contributed by atoms with Gasteiger partial charge in [-0.25, -0.2) is 0 Å². The van der Waals surface area contributed by atoms with Crippen molar-refractivity contribution in [3.05, 3.63) is 60.2 Å². The van der Waals surface area contributed by atoms with Gasteiger partial charge >= 0.3 is 0 Å². The third kappa shape index (κ3) is 4.02. The summed E-state index contributed by atoms with van der Waals surface area (Å²) in [5, 5.41) is 17.4. The summed E-state index contributed by atoms with van der Waals surface area (Å²) in [7, 11) is 1.79. The maximum absolute atomic E-state index is 4.35. The SMILES string of the molecule is CCc1nncn1CCNC(=NC)NC(C)c1cccc2ccccc12. The number of hydrogen-bond acceptors (Lipinski definition) is 3. The Morgan fingerprint density at radius 3 is 2.81 bits per heavy atom. The van der Waals surface area contributed by atoms with Crippen LogP contribution < -0.4 is 10.6 Å². The maximum atomic E-state index is 4.35. The fraction of sp³-hybridized carbons (Fsp3) is 0.350. The van der Waals surface area contributed by atoms with Gasteiger partial charge in [0.15, 0.2) is 5.96 Å². The second-order valence-corrected chi connectivity index (χ2v) is 6.23. The summed E-state index contributed by atoms with van der Waals surface area (Å²) in [5.41, 5.74) is 1.26. The highest BCUT2D eigenvalue weighted by atomic mass is 15.3. The highest BCUT2D eigenvalue weighted by Crippen LogP contribution is 2.23. The molecular weight excluding hydrogens is 324 g/mol. The third-order valence-electron chi connectivity index (χ3n) is 4.52. The van der Waals surface area contributed by atoms with E-state index in [0.717, 1.165) is 31.3 Å². The molecule has 1 unspecified atom stereocenters. The van der Waals surface area contributed by atoms with Crippen molar-refractivity contribution in [2.24, 2.45) is 4.99 Å². The van der Waals surface area contributed by atoms with Crippen LogP contribution in [-0.4, -0.2) is 34.3 Å². The molecule has 0 bridgehead atoms. The standard InChI is InChI=1S/C20H26N6/c1-4-19-25-23-14-26(19)13-12-22-20(21-3)24-15(2)17-11-7-9-16-8-5-6-10-18(16)17/h5-11,14-15H,4,12-13H2,1-3H3,(H2,21,22,24). The monoisotopic (exact) mass is 350 g/mol. The van der Waals surface area contributed by atoms with Crippen LogP contribution in [0.25, 0.3) is 10.8 Å².